The van der Waals surface area contributed by atoms with Crippen LogP contribution in [0.15, 0.2) is 0 Å². The molecule has 0 aromatic carbocycles. The third-order valence-electron chi connectivity index (χ3n) is 5.96. The Kier molecular flexibility index (Phi) is 7.92. The van der Waals surface area contributed by atoms with E-state index >= 15 is 0 Å². The van der Waals surface area contributed by atoms with E-state index in [1.54, 1.807) is 0 Å². The van der Waals surface area contributed by atoms with Gasteiger partial charge in [-0.2, -0.15) is 0 Å². The van der Waals surface area contributed by atoms with Crippen LogP contribution in [0.5, 0.6) is 0 Å². The van der Waals surface area contributed by atoms with Crippen molar-refractivity contribution < 1.29 is 23.7 Å². The molecule has 25 heavy (non-hydrogen) atoms. The molecule has 0 aromatic rings. The summed E-state index contributed by atoms with van der Waals surface area (Å²) in [6, 6.07) is 0. The summed E-state index contributed by atoms with van der Waals surface area (Å²) in [4.78, 5) is 0. The number of aliphatic hydroxyl groups is 1. The second-order valence-corrected chi connectivity index (χ2v) is 13.7. The summed E-state index contributed by atoms with van der Waals surface area (Å²) >= 11 is 0. The minimum Gasteiger partial charge on any atom is -0.417 e. The molecule has 0 saturated carbocycles. The smallest absolute Gasteiger partial charge is 0.191 e. The molecular formula is C19H38O5Si. The normalized spacial score (nSPS) is 31.9. The maximum Gasteiger partial charge on any atom is 0.191 e. The lowest BCUT2D eigenvalue weighted by atomic mass is 10.0. The van der Waals surface area contributed by atoms with Gasteiger partial charge in [-0.1, -0.05) is 20.8 Å². The van der Waals surface area contributed by atoms with Crippen LogP contribution in [0.2, 0.25) is 18.1 Å². The van der Waals surface area contributed by atoms with E-state index in [4.69, 9.17) is 18.6 Å². The Morgan fingerprint density at radius 2 is 1.56 bits per heavy atom. The molecule has 0 spiro atoms. The molecule has 0 unspecified atom stereocenters. The van der Waals surface area contributed by atoms with E-state index in [2.05, 4.69) is 33.9 Å². The third-order valence-corrected chi connectivity index (χ3v) is 10.5. The molecule has 2 aliphatic heterocycles. The average Bonchev–Trinajstić information content (AvgIpc) is 2.56. The fraction of sp³-hybridized carbons (Fsp3) is 1.00. The molecule has 6 heteroatoms. The molecule has 0 amide bonds. The highest BCUT2D eigenvalue weighted by molar-refractivity contribution is 6.74. The highest BCUT2D eigenvalue weighted by atomic mass is 28.4. The zero-order valence-corrected chi connectivity index (χ0v) is 17.8. The first-order valence-corrected chi connectivity index (χ1v) is 12.8. The van der Waals surface area contributed by atoms with Crippen molar-refractivity contribution in [2.24, 2.45) is 0 Å². The van der Waals surface area contributed by atoms with Crippen molar-refractivity contribution in [2.45, 2.75) is 95.4 Å². The van der Waals surface area contributed by atoms with Gasteiger partial charge in [0.05, 0.1) is 24.9 Å². The Hall–Kier alpha value is 0.0169. The molecule has 148 valence electrons. The summed E-state index contributed by atoms with van der Waals surface area (Å²) < 4.78 is 24.3. The number of aliphatic hydroxyl groups excluding tert-OH is 1. The summed E-state index contributed by atoms with van der Waals surface area (Å²) in [5.41, 5.74) is 0. The van der Waals surface area contributed by atoms with Crippen LogP contribution in [0, 0.1) is 0 Å². The van der Waals surface area contributed by atoms with Crippen LogP contribution in [0.4, 0.5) is 0 Å². The molecule has 0 radical (unpaired) electrons. The second-order valence-electron chi connectivity index (χ2n) is 8.90. The van der Waals surface area contributed by atoms with Gasteiger partial charge in [0.25, 0.3) is 0 Å². The van der Waals surface area contributed by atoms with Crippen molar-refractivity contribution in [2.75, 3.05) is 26.4 Å². The molecule has 5 nitrogen and oxygen atoms in total. The molecule has 2 rings (SSSR count). The van der Waals surface area contributed by atoms with Crippen LogP contribution in [-0.2, 0) is 18.6 Å². The predicted octanol–water partition coefficient (Wildman–Crippen LogP) is 3.50. The summed E-state index contributed by atoms with van der Waals surface area (Å²) in [7, 11) is -1.72. The first kappa shape index (κ1) is 21.3. The van der Waals surface area contributed by atoms with Crippen LogP contribution in [0.3, 0.4) is 0 Å². The Morgan fingerprint density at radius 1 is 1.00 bits per heavy atom. The number of rotatable bonds is 7. The predicted molar refractivity (Wildman–Crippen MR) is 101 cm³/mol. The lowest BCUT2D eigenvalue weighted by molar-refractivity contribution is -0.185. The van der Waals surface area contributed by atoms with E-state index < -0.39 is 8.32 Å². The molecular weight excluding hydrogens is 336 g/mol. The summed E-state index contributed by atoms with van der Waals surface area (Å²) in [5, 5.41) is 9.74. The van der Waals surface area contributed by atoms with Gasteiger partial charge in [0, 0.05) is 19.8 Å². The fourth-order valence-corrected chi connectivity index (χ4v) is 4.31. The highest BCUT2D eigenvalue weighted by Gasteiger charge is 2.38. The van der Waals surface area contributed by atoms with Gasteiger partial charge in [-0.15, -0.1) is 0 Å². The topological polar surface area (TPSA) is 57.2 Å². The van der Waals surface area contributed by atoms with E-state index in [1.165, 1.54) is 0 Å². The standard InChI is InChI=1S/C19H38O5Si/c1-19(2,3)25(4,5)23-13-10-15-16(8-6-11-21-15)24-17-9-7-12-22-18(17)14-20/h15-18,20H,6-14H2,1-5H3/t15-,16+,17-,18+/m0/s1. The van der Waals surface area contributed by atoms with Crippen LogP contribution in [0.1, 0.15) is 52.9 Å². The van der Waals surface area contributed by atoms with E-state index in [1.807, 2.05) is 0 Å². The first-order chi connectivity index (χ1) is 11.7. The monoisotopic (exact) mass is 374 g/mol. The minimum atomic E-state index is -1.72. The van der Waals surface area contributed by atoms with Gasteiger partial charge in [-0.25, -0.2) is 0 Å². The van der Waals surface area contributed by atoms with Gasteiger partial charge in [0.15, 0.2) is 8.32 Å². The van der Waals surface area contributed by atoms with Crippen LogP contribution < -0.4 is 0 Å². The summed E-state index contributed by atoms with van der Waals surface area (Å²) in [6.07, 6.45) is 4.81. The van der Waals surface area contributed by atoms with Gasteiger partial charge in [-0.05, 0) is 50.2 Å². The Labute approximate surface area is 154 Å². The molecule has 0 aliphatic carbocycles. The summed E-state index contributed by atoms with van der Waals surface area (Å²) in [6.45, 7) is 13.6. The molecule has 0 bridgehead atoms. The third kappa shape index (κ3) is 6.01. The van der Waals surface area contributed by atoms with Crippen molar-refractivity contribution in [1.29, 1.82) is 0 Å². The van der Waals surface area contributed by atoms with E-state index in [0.717, 1.165) is 51.9 Å². The lowest BCUT2D eigenvalue weighted by Crippen LogP contribution is -2.46. The zero-order valence-electron chi connectivity index (χ0n) is 16.8. The lowest BCUT2D eigenvalue weighted by Gasteiger charge is -2.39. The zero-order chi connectivity index (χ0) is 18.5. The summed E-state index contributed by atoms with van der Waals surface area (Å²) in [5.74, 6) is 0. The molecule has 2 fully saturated rings. The van der Waals surface area contributed by atoms with Gasteiger partial charge in [0.1, 0.15) is 6.10 Å². The van der Waals surface area contributed by atoms with Crippen LogP contribution in [-0.4, -0.2) is 64.3 Å². The van der Waals surface area contributed by atoms with Crippen LogP contribution >= 0.6 is 0 Å². The van der Waals surface area contributed by atoms with Gasteiger partial charge < -0.3 is 23.7 Å². The number of hydrogen-bond donors (Lipinski definition) is 1. The molecule has 2 aliphatic rings. The number of hydrogen-bond acceptors (Lipinski definition) is 5. The average molecular weight is 375 g/mol. The second kappa shape index (κ2) is 9.29. The Bertz CT molecular complexity index is 396. The molecule has 2 saturated heterocycles. The van der Waals surface area contributed by atoms with Gasteiger partial charge >= 0.3 is 0 Å². The quantitative estimate of drug-likeness (QED) is 0.691. The maximum absolute atomic E-state index is 9.51. The maximum atomic E-state index is 9.51. The van der Waals surface area contributed by atoms with Crippen molar-refractivity contribution in [3.8, 4) is 0 Å². The Balaban J connectivity index is 1.85. The molecule has 2 heterocycles. The van der Waals surface area contributed by atoms with Gasteiger partial charge in [-0.3, -0.25) is 0 Å². The van der Waals surface area contributed by atoms with E-state index in [0.29, 0.717) is 0 Å². The van der Waals surface area contributed by atoms with Crippen molar-refractivity contribution >= 4 is 8.32 Å². The molecule has 1 N–H and O–H groups in total. The largest absolute Gasteiger partial charge is 0.417 e. The van der Waals surface area contributed by atoms with Crippen molar-refractivity contribution in [3.63, 3.8) is 0 Å². The molecule has 4 atom stereocenters. The fourth-order valence-electron chi connectivity index (χ4n) is 3.25. The van der Waals surface area contributed by atoms with E-state index in [-0.39, 0.29) is 36.1 Å². The van der Waals surface area contributed by atoms with Gasteiger partial charge in [0.2, 0.25) is 0 Å². The SMILES string of the molecule is CC(C)(C)[Si](C)(C)OCC[C@@H]1OCCC[C@H]1O[C@H]1CCCO[C@@H]1CO. The Morgan fingerprint density at radius 3 is 2.12 bits per heavy atom. The minimum absolute atomic E-state index is 0.0192. The number of ether oxygens (including phenoxy) is 3. The van der Waals surface area contributed by atoms with Crippen LogP contribution in [0.25, 0.3) is 0 Å². The first-order valence-electron chi connectivity index (χ1n) is 9.88. The molecule has 0 aromatic heterocycles. The van der Waals surface area contributed by atoms with Crippen molar-refractivity contribution in [1.82, 2.24) is 0 Å². The van der Waals surface area contributed by atoms with E-state index in [9.17, 15) is 5.11 Å². The highest BCUT2D eigenvalue weighted by Crippen LogP contribution is 2.37. The van der Waals surface area contributed by atoms with Crippen molar-refractivity contribution in [3.05, 3.63) is 0 Å².